The van der Waals surface area contributed by atoms with Crippen LogP contribution in [0.4, 0.5) is 5.95 Å². The Kier molecular flexibility index (Phi) is 7.05. The molecule has 0 amide bonds. The molecular weight excluding hydrogens is 232 g/mol. The lowest BCUT2D eigenvalue weighted by Gasteiger charge is -2.11. The molecule has 0 aliphatic heterocycles. The summed E-state index contributed by atoms with van der Waals surface area (Å²) < 4.78 is 10.4. The van der Waals surface area contributed by atoms with Gasteiger partial charge in [-0.05, 0) is 12.8 Å². The summed E-state index contributed by atoms with van der Waals surface area (Å²) in [5, 5.41) is 3.11. The van der Waals surface area contributed by atoms with Crippen molar-refractivity contribution in [3.8, 4) is 5.88 Å². The normalized spacial score (nSPS) is 12.2. The molecule has 6 heteroatoms. The molecule has 0 aliphatic rings. The maximum absolute atomic E-state index is 5.81. The standard InChI is InChI=1S/C12H22N4O2/c1-3-8-18-11-5-7-15-12(16-11)14-6-4-10(13)9-17-2/h5,7,10H,3-4,6,8-9,13H2,1-2H3,(H,14,15,16). The molecular formula is C12H22N4O2. The van der Waals surface area contributed by atoms with Gasteiger partial charge in [0.25, 0.3) is 0 Å². The maximum atomic E-state index is 5.81. The van der Waals surface area contributed by atoms with E-state index in [-0.39, 0.29) is 6.04 Å². The first kappa shape index (κ1) is 14.7. The first-order valence-electron chi connectivity index (χ1n) is 6.20. The van der Waals surface area contributed by atoms with Crippen LogP contribution < -0.4 is 15.8 Å². The Morgan fingerprint density at radius 1 is 1.50 bits per heavy atom. The number of anilines is 1. The molecule has 0 saturated heterocycles. The van der Waals surface area contributed by atoms with Crippen LogP contribution in [0.25, 0.3) is 0 Å². The van der Waals surface area contributed by atoms with Crippen LogP contribution in [-0.2, 0) is 4.74 Å². The molecule has 0 radical (unpaired) electrons. The van der Waals surface area contributed by atoms with Crippen molar-refractivity contribution in [3.63, 3.8) is 0 Å². The van der Waals surface area contributed by atoms with Crippen LogP contribution in [0.2, 0.25) is 0 Å². The third kappa shape index (κ3) is 5.79. The van der Waals surface area contributed by atoms with Gasteiger partial charge in [0.15, 0.2) is 0 Å². The second-order valence-electron chi connectivity index (χ2n) is 4.00. The summed E-state index contributed by atoms with van der Waals surface area (Å²) in [6.45, 7) is 3.98. The third-order valence-corrected chi connectivity index (χ3v) is 2.26. The molecule has 1 rings (SSSR count). The zero-order valence-electron chi connectivity index (χ0n) is 11.1. The predicted molar refractivity (Wildman–Crippen MR) is 70.8 cm³/mol. The Bertz CT molecular complexity index is 336. The molecule has 1 atom stereocenters. The molecule has 0 aliphatic carbocycles. The van der Waals surface area contributed by atoms with Crippen LogP contribution in [0.15, 0.2) is 12.3 Å². The van der Waals surface area contributed by atoms with Crippen LogP contribution >= 0.6 is 0 Å². The van der Waals surface area contributed by atoms with E-state index < -0.39 is 0 Å². The van der Waals surface area contributed by atoms with Crippen LogP contribution in [0, 0.1) is 0 Å². The van der Waals surface area contributed by atoms with Gasteiger partial charge in [0.2, 0.25) is 11.8 Å². The summed E-state index contributed by atoms with van der Waals surface area (Å²) in [5.41, 5.74) is 5.81. The average molecular weight is 254 g/mol. The van der Waals surface area contributed by atoms with E-state index in [1.54, 1.807) is 19.4 Å². The number of ether oxygens (including phenoxy) is 2. The molecule has 0 bridgehead atoms. The summed E-state index contributed by atoms with van der Waals surface area (Å²) in [4.78, 5) is 8.35. The van der Waals surface area contributed by atoms with E-state index in [1.165, 1.54) is 0 Å². The summed E-state index contributed by atoms with van der Waals surface area (Å²) in [6, 6.07) is 1.78. The van der Waals surface area contributed by atoms with Gasteiger partial charge in [-0.3, -0.25) is 0 Å². The zero-order chi connectivity index (χ0) is 13.2. The van der Waals surface area contributed by atoms with Crippen molar-refractivity contribution in [2.24, 2.45) is 5.73 Å². The molecule has 1 heterocycles. The highest BCUT2D eigenvalue weighted by Gasteiger charge is 2.03. The van der Waals surface area contributed by atoms with Crippen molar-refractivity contribution < 1.29 is 9.47 Å². The fourth-order valence-corrected chi connectivity index (χ4v) is 1.38. The van der Waals surface area contributed by atoms with Gasteiger partial charge in [-0.25, -0.2) is 4.98 Å². The quantitative estimate of drug-likeness (QED) is 0.685. The second kappa shape index (κ2) is 8.66. The molecule has 1 unspecified atom stereocenters. The van der Waals surface area contributed by atoms with Crippen molar-refractivity contribution in [1.82, 2.24) is 9.97 Å². The number of hydrogen-bond acceptors (Lipinski definition) is 6. The molecule has 0 spiro atoms. The highest BCUT2D eigenvalue weighted by atomic mass is 16.5. The number of methoxy groups -OCH3 is 1. The number of nitrogens with zero attached hydrogens (tertiary/aromatic N) is 2. The Morgan fingerprint density at radius 3 is 3.06 bits per heavy atom. The highest BCUT2D eigenvalue weighted by Crippen LogP contribution is 2.08. The van der Waals surface area contributed by atoms with Crippen molar-refractivity contribution in [2.45, 2.75) is 25.8 Å². The fraction of sp³-hybridized carbons (Fsp3) is 0.667. The lowest BCUT2D eigenvalue weighted by atomic mass is 10.2. The van der Waals surface area contributed by atoms with E-state index in [2.05, 4.69) is 22.2 Å². The Hall–Kier alpha value is -1.40. The SMILES string of the molecule is CCCOc1ccnc(NCCC(N)COC)n1. The van der Waals surface area contributed by atoms with Crippen LogP contribution in [0.1, 0.15) is 19.8 Å². The lowest BCUT2D eigenvalue weighted by molar-refractivity contribution is 0.178. The molecule has 0 aromatic carbocycles. The smallest absolute Gasteiger partial charge is 0.225 e. The largest absolute Gasteiger partial charge is 0.478 e. The predicted octanol–water partition coefficient (Wildman–Crippen LogP) is 1.04. The van der Waals surface area contributed by atoms with E-state index in [0.717, 1.165) is 12.8 Å². The van der Waals surface area contributed by atoms with E-state index in [9.17, 15) is 0 Å². The Labute approximate surface area is 108 Å². The molecule has 3 N–H and O–H groups in total. The summed E-state index contributed by atoms with van der Waals surface area (Å²) in [6.07, 6.45) is 3.44. The molecule has 1 aromatic heterocycles. The van der Waals surface area contributed by atoms with Gasteiger partial charge in [0.05, 0.1) is 13.2 Å². The highest BCUT2D eigenvalue weighted by molar-refractivity contribution is 5.27. The first-order chi connectivity index (χ1) is 8.76. The molecule has 6 nitrogen and oxygen atoms in total. The minimum atomic E-state index is 0.0297. The van der Waals surface area contributed by atoms with Crippen LogP contribution in [0.5, 0.6) is 5.88 Å². The summed E-state index contributed by atoms with van der Waals surface area (Å²) in [5.74, 6) is 1.16. The average Bonchev–Trinajstić information content (AvgIpc) is 2.37. The lowest BCUT2D eigenvalue weighted by Crippen LogP contribution is -2.28. The first-order valence-corrected chi connectivity index (χ1v) is 6.20. The van der Waals surface area contributed by atoms with Gasteiger partial charge >= 0.3 is 0 Å². The van der Waals surface area contributed by atoms with E-state index in [1.807, 2.05) is 0 Å². The monoisotopic (exact) mass is 254 g/mol. The molecule has 0 fully saturated rings. The number of nitrogens with one attached hydrogen (secondary N) is 1. The number of rotatable bonds is 9. The van der Waals surface area contributed by atoms with E-state index >= 15 is 0 Å². The summed E-state index contributed by atoms with van der Waals surface area (Å²) >= 11 is 0. The minimum absolute atomic E-state index is 0.0297. The van der Waals surface area contributed by atoms with Crippen molar-refractivity contribution in [3.05, 3.63) is 12.3 Å². The molecule has 0 saturated carbocycles. The van der Waals surface area contributed by atoms with E-state index in [4.69, 9.17) is 15.2 Å². The zero-order valence-corrected chi connectivity index (χ0v) is 11.1. The Balaban J connectivity index is 2.33. The molecule has 18 heavy (non-hydrogen) atoms. The molecule has 102 valence electrons. The van der Waals surface area contributed by atoms with Gasteiger partial charge < -0.3 is 20.5 Å². The fourth-order valence-electron chi connectivity index (χ4n) is 1.38. The van der Waals surface area contributed by atoms with Crippen molar-refractivity contribution in [2.75, 3.05) is 32.2 Å². The van der Waals surface area contributed by atoms with Crippen molar-refractivity contribution >= 4 is 5.95 Å². The number of hydrogen-bond donors (Lipinski definition) is 2. The molecule has 1 aromatic rings. The van der Waals surface area contributed by atoms with Crippen LogP contribution in [0.3, 0.4) is 0 Å². The topological polar surface area (TPSA) is 82.3 Å². The van der Waals surface area contributed by atoms with Crippen LogP contribution in [-0.4, -0.2) is 42.9 Å². The maximum Gasteiger partial charge on any atom is 0.225 e. The second-order valence-corrected chi connectivity index (χ2v) is 4.00. The number of aromatic nitrogens is 2. The third-order valence-electron chi connectivity index (χ3n) is 2.26. The van der Waals surface area contributed by atoms with Gasteiger partial charge in [-0.15, -0.1) is 0 Å². The van der Waals surface area contributed by atoms with Gasteiger partial charge in [-0.2, -0.15) is 4.98 Å². The minimum Gasteiger partial charge on any atom is -0.478 e. The van der Waals surface area contributed by atoms with Gasteiger partial charge in [-0.1, -0.05) is 6.92 Å². The number of nitrogens with two attached hydrogens (primary N) is 1. The van der Waals surface area contributed by atoms with Gasteiger partial charge in [0, 0.05) is 32.0 Å². The Morgan fingerprint density at radius 2 is 2.33 bits per heavy atom. The van der Waals surface area contributed by atoms with Crippen molar-refractivity contribution in [1.29, 1.82) is 0 Å². The van der Waals surface area contributed by atoms with E-state index in [0.29, 0.717) is 31.6 Å². The van der Waals surface area contributed by atoms with Gasteiger partial charge in [0.1, 0.15) is 0 Å². The summed E-state index contributed by atoms with van der Waals surface area (Å²) in [7, 11) is 1.64.